The van der Waals surface area contributed by atoms with Crippen molar-refractivity contribution in [1.29, 1.82) is 0 Å². The molecule has 0 fully saturated rings. The standard InChI is InChI=1S/C14H23ClN2O2/c1-9(2)12-16-11(15)10(3)13(17-12)19-8-7-14(4,5)18-6/h9H,7-8H2,1-6H3. The molecule has 0 aliphatic carbocycles. The summed E-state index contributed by atoms with van der Waals surface area (Å²) in [4.78, 5) is 8.67. The Bertz CT molecular complexity index is 434. The van der Waals surface area contributed by atoms with E-state index in [2.05, 4.69) is 9.97 Å². The van der Waals surface area contributed by atoms with Crippen LogP contribution in [0.2, 0.25) is 5.15 Å². The SMILES string of the molecule is COC(C)(C)CCOc1nc(C(C)C)nc(Cl)c1C. The summed E-state index contributed by atoms with van der Waals surface area (Å²) in [5.41, 5.74) is 0.576. The number of ether oxygens (including phenoxy) is 2. The number of hydrogen-bond acceptors (Lipinski definition) is 4. The van der Waals surface area contributed by atoms with Crippen molar-refractivity contribution in [3.63, 3.8) is 0 Å². The summed E-state index contributed by atoms with van der Waals surface area (Å²) < 4.78 is 11.1. The second kappa shape index (κ2) is 6.53. The Labute approximate surface area is 120 Å². The molecule has 1 rings (SSSR count). The molecule has 0 N–H and O–H groups in total. The van der Waals surface area contributed by atoms with Crippen molar-refractivity contribution in [2.75, 3.05) is 13.7 Å². The lowest BCUT2D eigenvalue weighted by atomic mass is 10.1. The van der Waals surface area contributed by atoms with Crippen LogP contribution in [0.5, 0.6) is 5.88 Å². The fraction of sp³-hybridized carbons (Fsp3) is 0.714. The normalized spacial score (nSPS) is 12.0. The van der Waals surface area contributed by atoms with E-state index in [9.17, 15) is 0 Å². The first kappa shape index (κ1) is 16.2. The predicted octanol–water partition coefficient (Wildman–Crippen LogP) is 3.76. The molecule has 0 radical (unpaired) electrons. The molecule has 0 aliphatic heterocycles. The second-order valence-electron chi connectivity index (χ2n) is 5.52. The van der Waals surface area contributed by atoms with Gasteiger partial charge in [0.1, 0.15) is 11.0 Å². The van der Waals surface area contributed by atoms with Crippen molar-refractivity contribution in [3.8, 4) is 5.88 Å². The Kier molecular flexibility index (Phi) is 5.56. The number of rotatable bonds is 6. The molecule has 0 bridgehead atoms. The van der Waals surface area contributed by atoms with Crippen LogP contribution in [0, 0.1) is 6.92 Å². The number of halogens is 1. The van der Waals surface area contributed by atoms with Gasteiger partial charge < -0.3 is 9.47 Å². The summed E-state index contributed by atoms with van der Waals surface area (Å²) in [6, 6.07) is 0. The molecule has 0 saturated carbocycles. The van der Waals surface area contributed by atoms with Gasteiger partial charge in [-0.1, -0.05) is 25.4 Å². The highest BCUT2D eigenvalue weighted by molar-refractivity contribution is 6.30. The average molecular weight is 287 g/mol. The molecule has 5 heteroatoms. The zero-order valence-electron chi connectivity index (χ0n) is 12.6. The highest BCUT2D eigenvalue weighted by atomic mass is 35.5. The molecule has 1 heterocycles. The molecular formula is C14H23ClN2O2. The van der Waals surface area contributed by atoms with Gasteiger partial charge in [0.05, 0.1) is 12.2 Å². The number of methoxy groups -OCH3 is 1. The summed E-state index contributed by atoms with van der Waals surface area (Å²) in [6.07, 6.45) is 0.779. The largest absolute Gasteiger partial charge is 0.477 e. The molecule has 0 saturated heterocycles. The van der Waals surface area contributed by atoms with Crippen LogP contribution in [0.1, 0.15) is 51.4 Å². The topological polar surface area (TPSA) is 44.2 Å². The van der Waals surface area contributed by atoms with E-state index in [1.54, 1.807) is 7.11 Å². The maximum absolute atomic E-state index is 6.10. The van der Waals surface area contributed by atoms with E-state index >= 15 is 0 Å². The smallest absolute Gasteiger partial charge is 0.221 e. The van der Waals surface area contributed by atoms with Crippen LogP contribution in [0.4, 0.5) is 0 Å². The fourth-order valence-electron chi connectivity index (χ4n) is 1.38. The molecule has 0 aliphatic rings. The maximum atomic E-state index is 6.10. The molecule has 108 valence electrons. The van der Waals surface area contributed by atoms with Crippen LogP contribution in [0.25, 0.3) is 0 Å². The van der Waals surface area contributed by atoms with Gasteiger partial charge in [-0.15, -0.1) is 0 Å². The van der Waals surface area contributed by atoms with E-state index in [1.807, 2.05) is 34.6 Å². The second-order valence-corrected chi connectivity index (χ2v) is 5.88. The summed E-state index contributed by atoms with van der Waals surface area (Å²) in [7, 11) is 1.70. The van der Waals surface area contributed by atoms with E-state index in [4.69, 9.17) is 21.1 Å². The number of nitrogens with zero attached hydrogens (tertiary/aromatic N) is 2. The molecule has 0 unspecified atom stereocenters. The van der Waals surface area contributed by atoms with Gasteiger partial charge in [-0.3, -0.25) is 0 Å². The van der Waals surface area contributed by atoms with Crippen molar-refractivity contribution >= 4 is 11.6 Å². The van der Waals surface area contributed by atoms with Crippen molar-refractivity contribution in [1.82, 2.24) is 9.97 Å². The van der Waals surface area contributed by atoms with E-state index < -0.39 is 0 Å². The summed E-state index contributed by atoms with van der Waals surface area (Å²) >= 11 is 6.10. The lowest BCUT2D eigenvalue weighted by molar-refractivity contribution is 0.00499. The van der Waals surface area contributed by atoms with Crippen LogP contribution in [0.3, 0.4) is 0 Å². The number of aromatic nitrogens is 2. The fourth-order valence-corrected chi connectivity index (χ4v) is 1.55. The first-order chi connectivity index (χ1) is 8.76. The van der Waals surface area contributed by atoms with Gasteiger partial charge in [-0.05, 0) is 20.8 Å². The van der Waals surface area contributed by atoms with Crippen LogP contribution in [-0.2, 0) is 4.74 Å². The lowest BCUT2D eigenvalue weighted by Gasteiger charge is -2.22. The van der Waals surface area contributed by atoms with E-state index in [0.717, 1.165) is 12.0 Å². The summed E-state index contributed by atoms with van der Waals surface area (Å²) in [5.74, 6) is 1.49. The van der Waals surface area contributed by atoms with E-state index in [0.29, 0.717) is 23.5 Å². The Morgan fingerprint density at radius 3 is 2.42 bits per heavy atom. The van der Waals surface area contributed by atoms with Gasteiger partial charge in [0.15, 0.2) is 0 Å². The third-order valence-electron chi connectivity index (χ3n) is 3.07. The molecule has 0 spiro atoms. The Morgan fingerprint density at radius 1 is 1.26 bits per heavy atom. The minimum absolute atomic E-state index is 0.203. The quantitative estimate of drug-likeness (QED) is 0.747. The highest BCUT2D eigenvalue weighted by Gasteiger charge is 2.18. The van der Waals surface area contributed by atoms with Crippen LogP contribution in [-0.4, -0.2) is 29.3 Å². The minimum Gasteiger partial charge on any atom is -0.477 e. The van der Waals surface area contributed by atoms with Crippen molar-refractivity contribution < 1.29 is 9.47 Å². The monoisotopic (exact) mass is 286 g/mol. The first-order valence-electron chi connectivity index (χ1n) is 6.49. The first-order valence-corrected chi connectivity index (χ1v) is 6.86. The summed E-state index contributed by atoms with van der Waals surface area (Å²) in [6.45, 7) is 10.5. The van der Waals surface area contributed by atoms with Gasteiger partial charge in [0.2, 0.25) is 5.88 Å². The molecule has 0 aromatic carbocycles. The average Bonchev–Trinajstić information content (AvgIpc) is 2.33. The highest BCUT2D eigenvalue weighted by Crippen LogP contribution is 2.25. The van der Waals surface area contributed by atoms with Crippen LogP contribution < -0.4 is 4.74 Å². The third kappa shape index (κ3) is 4.62. The zero-order chi connectivity index (χ0) is 14.6. The third-order valence-corrected chi connectivity index (χ3v) is 3.44. The molecule has 19 heavy (non-hydrogen) atoms. The Balaban J connectivity index is 2.78. The van der Waals surface area contributed by atoms with E-state index in [-0.39, 0.29) is 11.5 Å². The molecule has 1 aromatic heterocycles. The van der Waals surface area contributed by atoms with Crippen molar-refractivity contribution in [3.05, 3.63) is 16.5 Å². The minimum atomic E-state index is -0.203. The molecule has 4 nitrogen and oxygen atoms in total. The van der Waals surface area contributed by atoms with Gasteiger partial charge in [0.25, 0.3) is 0 Å². The van der Waals surface area contributed by atoms with E-state index in [1.165, 1.54) is 0 Å². The molecular weight excluding hydrogens is 264 g/mol. The van der Waals surface area contributed by atoms with Gasteiger partial charge in [-0.2, -0.15) is 4.98 Å². The lowest BCUT2D eigenvalue weighted by Crippen LogP contribution is -2.25. The Morgan fingerprint density at radius 2 is 1.89 bits per heavy atom. The maximum Gasteiger partial charge on any atom is 0.221 e. The van der Waals surface area contributed by atoms with Crippen molar-refractivity contribution in [2.24, 2.45) is 0 Å². The van der Waals surface area contributed by atoms with Gasteiger partial charge in [0, 0.05) is 25.0 Å². The Hall–Kier alpha value is -0.870. The van der Waals surface area contributed by atoms with Crippen LogP contribution >= 0.6 is 11.6 Å². The number of hydrogen-bond donors (Lipinski definition) is 0. The molecule has 0 amide bonds. The predicted molar refractivity (Wildman–Crippen MR) is 77.1 cm³/mol. The zero-order valence-corrected chi connectivity index (χ0v) is 13.3. The molecule has 1 aromatic rings. The summed E-state index contributed by atoms with van der Waals surface area (Å²) in [5, 5.41) is 0.458. The van der Waals surface area contributed by atoms with Crippen molar-refractivity contribution in [2.45, 2.75) is 52.6 Å². The van der Waals surface area contributed by atoms with Gasteiger partial charge >= 0.3 is 0 Å². The van der Waals surface area contributed by atoms with Crippen LogP contribution in [0.15, 0.2) is 0 Å². The molecule has 0 atom stereocenters. The van der Waals surface area contributed by atoms with Gasteiger partial charge in [-0.25, -0.2) is 4.98 Å².